The fourth-order valence-corrected chi connectivity index (χ4v) is 3.27. The van der Waals surface area contributed by atoms with E-state index < -0.39 is 10.8 Å². The highest BCUT2D eigenvalue weighted by atomic mass is 32.2. The standard InChI is InChI=1S/C10H20N2O2S/c1-9(10-8-11-2-5-14-10)12-3-6-15(13)7-4-12/h9-11H,2-8H2,1H3. The molecule has 1 N–H and O–H groups in total. The Hall–Kier alpha value is 0.0300. The molecule has 2 unspecified atom stereocenters. The Labute approximate surface area is 93.8 Å². The fourth-order valence-electron chi connectivity index (χ4n) is 2.19. The minimum Gasteiger partial charge on any atom is -0.374 e. The van der Waals surface area contributed by atoms with E-state index >= 15 is 0 Å². The van der Waals surface area contributed by atoms with E-state index in [1.165, 1.54) is 0 Å². The summed E-state index contributed by atoms with van der Waals surface area (Å²) in [6.45, 7) is 6.84. The second kappa shape index (κ2) is 5.39. The summed E-state index contributed by atoms with van der Waals surface area (Å²) in [7, 11) is -0.580. The van der Waals surface area contributed by atoms with Gasteiger partial charge < -0.3 is 10.1 Å². The van der Waals surface area contributed by atoms with Gasteiger partial charge in [-0.15, -0.1) is 0 Å². The molecule has 2 atom stereocenters. The van der Waals surface area contributed by atoms with Crippen LogP contribution in [0.1, 0.15) is 6.92 Å². The van der Waals surface area contributed by atoms with Crippen molar-refractivity contribution in [2.24, 2.45) is 0 Å². The summed E-state index contributed by atoms with van der Waals surface area (Å²) in [5, 5.41) is 3.35. The number of nitrogens with zero attached hydrogens (tertiary/aromatic N) is 1. The van der Waals surface area contributed by atoms with Crippen molar-refractivity contribution in [3.63, 3.8) is 0 Å². The normalized spacial score (nSPS) is 32.7. The Bertz CT molecular complexity index is 221. The molecule has 0 bridgehead atoms. The molecule has 0 aliphatic carbocycles. The van der Waals surface area contributed by atoms with Gasteiger partial charge in [0.2, 0.25) is 0 Å². The van der Waals surface area contributed by atoms with Crippen LogP contribution in [0.2, 0.25) is 0 Å². The Balaban J connectivity index is 1.83. The van der Waals surface area contributed by atoms with Crippen molar-refractivity contribution in [3.8, 4) is 0 Å². The van der Waals surface area contributed by atoms with Gasteiger partial charge in [0.05, 0.1) is 12.7 Å². The summed E-state index contributed by atoms with van der Waals surface area (Å²) < 4.78 is 17.0. The lowest BCUT2D eigenvalue weighted by Gasteiger charge is -2.38. The van der Waals surface area contributed by atoms with Crippen LogP contribution in [-0.4, -0.2) is 65.5 Å². The van der Waals surface area contributed by atoms with Gasteiger partial charge in [0.1, 0.15) is 0 Å². The smallest absolute Gasteiger partial charge is 0.0852 e. The summed E-state index contributed by atoms with van der Waals surface area (Å²) >= 11 is 0. The fraction of sp³-hybridized carbons (Fsp3) is 1.00. The minimum atomic E-state index is -0.580. The summed E-state index contributed by atoms with van der Waals surface area (Å²) in [6, 6.07) is 0.440. The van der Waals surface area contributed by atoms with Crippen molar-refractivity contribution in [2.45, 2.75) is 19.1 Å². The predicted octanol–water partition coefficient (Wildman–Crippen LogP) is -0.572. The Morgan fingerprint density at radius 2 is 2.20 bits per heavy atom. The molecular weight excluding hydrogens is 212 g/mol. The van der Waals surface area contributed by atoms with Crippen LogP contribution in [-0.2, 0) is 15.5 Å². The molecule has 2 fully saturated rings. The summed E-state index contributed by atoms with van der Waals surface area (Å²) in [4.78, 5) is 2.40. The molecule has 2 saturated heterocycles. The highest BCUT2D eigenvalue weighted by Gasteiger charge is 2.28. The van der Waals surface area contributed by atoms with E-state index in [9.17, 15) is 4.21 Å². The van der Waals surface area contributed by atoms with Gasteiger partial charge in [-0.1, -0.05) is 0 Å². The van der Waals surface area contributed by atoms with Crippen molar-refractivity contribution in [3.05, 3.63) is 0 Å². The topological polar surface area (TPSA) is 41.6 Å². The molecule has 0 saturated carbocycles. The van der Waals surface area contributed by atoms with Crippen LogP contribution in [0.3, 0.4) is 0 Å². The maximum Gasteiger partial charge on any atom is 0.0852 e. The van der Waals surface area contributed by atoms with Crippen LogP contribution in [0, 0.1) is 0 Å². The highest BCUT2D eigenvalue weighted by molar-refractivity contribution is 7.85. The molecule has 5 heteroatoms. The van der Waals surface area contributed by atoms with Gasteiger partial charge in [-0.05, 0) is 6.92 Å². The van der Waals surface area contributed by atoms with Crippen LogP contribution < -0.4 is 5.32 Å². The first-order valence-corrected chi connectivity index (χ1v) is 7.17. The van der Waals surface area contributed by atoms with Crippen molar-refractivity contribution < 1.29 is 8.95 Å². The third-order valence-corrected chi connectivity index (χ3v) is 4.56. The zero-order valence-electron chi connectivity index (χ0n) is 9.28. The molecular formula is C10H20N2O2S. The molecule has 0 amide bonds. The van der Waals surface area contributed by atoms with E-state index in [1.807, 2.05) is 0 Å². The number of hydrogen-bond donors (Lipinski definition) is 1. The lowest BCUT2D eigenvalue weighted by Crippen LogP contribution is -2.53. The summed E-state index contributed by atoms with van der Waals surface area (Å²) in [6.07, 6.45) is 0.297. The third kappa shape index (κ3) is 3.00. The second-order valence-corrected chi connectivity index (χ2v) is 5.93. The zero-order chi connectivity index (χ0) is 10.7. The van der Waals surface area contributed by atoms with Gasteiger partial charge in [-0.25, -0.2) is 0 Å². The van der Waals surface area contributed by atoms with Crippen molar-refractivity contribution in [2.75, 3.05) is 44.3 Å². The number of nitrogens with one attached hydrogen (secondary N) is 1. The number of hydrogen-bond acceptors (Lipinski definition) is 4. The van der Waals surface area contributed by atoms with Crippen molar-refractivity contribution in [1.29, 1.82) is 0 Å². The van der Waals surface area contributed by atoms with Crippen LogP contribution in [0.5, 0.6) is 0 Å². The van der Waals surface area contributed by atoms with E-state index in [2.05, 4.69) is 17.1 Å². The third-order valence-electron chi connectivity index (χ3n) is 3.28. The molecule has 15 heavy (non-hydrogen) atoms. The average molecular weight is 232 g/mol. The summed E-state index contributed by atoms with van der Waals surface area (Å²) in [5.74, 6) is 1.65. The molecule has 0 radical (unpaired) electrons. The number of rotatable bonds is 2. The maximum atomic E-state index is 11.2. The molecule has 88 valence electrons. The molecule has 2 rings (SSSR count). The SMILES string of the molecule is CC(C1CNCCO1)N1CCS(=O)CC1. The monoisotopic (exact) mass is 232 g/mol. The second-order valence-electron chi connectivity index (χ2n) is 4.24. The largest absolute Gasteiger partial charge is 0.374 e. The van der Waals surface area contributed by atoms with Gasteiger partial charge in [0.25, 0.3) is 0 Å². The van der Waals surface area contributed by atoms with E-state index in [-0.39, 0.29) is 0 Å². The Morgan fingerprint density at radius 3 is 2.80 bits per heavy atom. The van der Waals surface area contributed by atoms with Crippen LogP contribution in [0.25, 0.3) is 0 Å². The van der Waals surface area contributed by atoms with Gasteiger partial charge in [0.15, 0.2) is 0 Å². The van der Waals surface area contributed by atoms with E-state index in [4.69, 9.17) is 4.74 Å². The first-order valence-electron chi connectivity index (χ1n) is 5.69. The molecule has 0 aromatic rings. The van der Waals surface area contributed by atoms with Gasteiger partial charge >= 0.3 is 0 Å². The maximum absolute atomic E-state index is 11.2. The van der Waals surface area contributed by atoms with Crippen molar-refractivity contribution in [1.82, 2.24) is 10.2 Å². The molecule has 0 aromatic carbocycles. The van der Waals surface area contributed by atoms with Gasteiger partial charge in [-0.3, -0.25) is 9.11 Å². The highest BCUT2D eigenvalue weighted by Crippen LogP contribution is 2.12. The molecule has 2 aliphatic heterocycles. The Kier molecular flexibility index (Phi) is 4.13. The number of ether oxygens (including phenoxy) is 1. The van der Waals surface area contributed by atoms with Crippen LogP contribution in [0.4, 0.5) is 0 Å². The number of morpholine rings is 1. The van der Waals surface area contributed by atoms with Crippen molar-refractivity contribution >= 4 is 10.8 Å². The van der Waals surface area contributed by atoms with Gasteiger partial charge in [0, 0.05) is 54.5 Å². The molecule has 2 aliphatic rings. The van der Waals surface area contributed by atoms with Gasteiger partial charge in [-0.2, -0.15) is 0 Å². The average Bonchev–Trinajstić information content (AvgIpc) is 2.30. The quantitative estimate of drug-likeness (QED) is 0.692. The first kappa shape index (κ1) is 11.5. The first-order chi connectivity index (χ1) is 7.27. The lowest BCUT2D eigenvalue weighted by molar-refractivity contribution is -0.0239. The van der Waals surface area contributed by atoms with E-state index in [0.717, 1.165) is 44.3 Å². The molecule has 2 heterocycles. The predicted molar refractivity (Wildman–Crippen MR) is 61.5 cm³/mol. The van der Waals surface area contributed by atoms with Crippen LogP contribution >= 0.6 is 0 Å². The lowest BCUT2D eigenvalue weighted by atomic mass is 10.1. The minimum absolute atomic E-state index is 0.297. The zero-order valence-corrected chi connectivity index (χ0v) is 10.1. The van der Waals surface area contributed by atoms with Crippen LogP contribution in [0.15, 0.2) is 0 Å². The molecule has 4 nitrogen and oxygen atoms in total. The Morgan fingerprint density at radius 1 is 1.47 bits per heavy atom. The molecule has 0 spiro atoms. The summed E-state index contributed by atoms with van der Waals surface area (Å²) in [5.41, 5.74) is 0. The molecule has 0 aromatic heterocycles. The van der Waals surface area contributed by atoms with E-state index in [0.29, 0.717) is 12.1 Å². The van der Waals surface area contributed by atoms with E-state index in [1.54, 1.807) is 0 Å².